The van der Waals surface area contributed by atoms with Crippen molar-refractivity contribution in [2.24, 2.45) is 11.0 Å². The predicted octanol–water partition coefficient (Wildman–Crippen LogP) is 3.62. The van der Waals surface area contributed by atoms with Crippen molar-refractivity contribution in [3.63, 3.8) is 0 Å². The van der Waals surface area contributed by atoms with Gasteiger partial charge in [-0.25, -0.2) is 13.1 Å². The molecular formula is C23H24N4O3S2. The average Bonchev–Trinajstić information content (AvgIpc) is 3.37. The van der Waals surface area contributed by atoms with Gasteiger partial charge >= 0.3 is 0 Å². The van der Waals surface area contributed by atoms with Crippen molar-refractivity contribution in [3.05, 3.63) is 66.4 Å². The van der Waals surface area contributed by atoms with Gasteiger partial charge in [-0.05, 0) is 48.7 Å². The lowest BCUT2D eigenvalue weighted by atomic mass is 10.1. The summed E-state index contributed by atoms with van der Waals surface area (Å²) in [6, 6.07) is 17.5. The number of rotatable bonds is 7. The van der Waals surface area contributed by atoms with Crippen LogP contribution in [0.1, 0.15) is 18.4 Å². The standard InChI is InChI=1S/C23H24N4O3S2/c1-30-21-9-7-18(8-10-21)23-19(15-27(26-23)20-5-3-2-4-6-20)14-24-25-22(31)13-17-11-12-32(28,29)16-17/h2-10,14-15,17H,11-13,16H2,1H3,(H,25,31)/b24-14+. The Kier molecular flexibility index (Phi) is 6.66. The van der Waals surface area contributed by atoms with Crippen molar-refractivity contribution in [3.8, 4) is 22.7 Å². The number of hydrazone groups is 1. The molecule has 7 nitrogen and oxygen atoms in total. The van der Waals surface area contributed by atoms with Crippen LogP contribution in [0, 0.1) is 5.92 Å². The van der Waals surface area contributed by atoms with Gasteiger partial charge < -0.3 is 4.74 Å². The first-order chi connectivity index (χ1) is 15.4. The molecule has 1 aromatic heterocycles. The minimum atomic E-state index is -2.92. The van der Waals surface area contributed by atoms with Crippen molar-refractivity contribution >= 4 is 33.3 Å². The van der Waals surface area contributed by atoms with E-state index >= 15 is 0 Å². The van der Waals surface area contributed by atoms with Gasteiger partial charge in [0, 0.05) is 23.7 Å². The van der Waals surface area contributed by atoms with Gasteiger partial charge in [-0.3, -0.25) is 5.43 Å². The topological polar surface area (TPSA) is 85.6 Å². The maximum absolute atomic E-state index is 11.6. The molecule has 4 rings (SSSR count). The quantitative estimate of drug-likeness (QED) is 0.324. The number of sulfone groups is 1. The van der Waals surface area contributed by atoms with E-state index in [1.807, 2.05) is 65.5 Å². The Morgan fingerprint density at radius 1 is 1.25 bits per heavy atom. The Bertz CT molecular complexity index is 1220. The maximum atomic E-state index is 11.6. The van der Waals surface area contributed by atoms with Crippen LogP contribution >= 0.6 is 12.2 Å². The lowest BCUT2D eigenvalue weighted by Gasteiger charge is -2.07. The van der Waals surface area contributed by atoms with Crippen LogP contribution in [0.25, 0.3) is 16.9 Å². The molecule has 1 atom stereocenters. The summed E-state index contributed by atoms with van der Waals surface area (Å²) in [5.41, 5.74) is 6.34. The summed E-state index contributed by atoms with van der Waals surface area (Å²) < 4.78 is 30.3. The van der Waals surface area contributed by atoms with Crippen LogP contribution in [0.4, 0.5) is 0 Å². The molecule has 1 saturated heterocycles. The molecule has 1 aliphatic rings. The second kappa shape index (κ2) is 9.62. The number of hydrogen-bond donors (Lipinski definition) is 1. The Balaban J connectivity index is 1.53. The molecule has 1 N–H and O–H groups in total. The molecule has 9 heteroatoms. The van der Waals surface area contributed by atoms with Crippen molar-refractivity contribution in [2.75, 3.05) is 18.6 Å². The first kappa shape index (κ1) is 22.2. The summed E-state index contributed by atoms with van der Waals surface area (Å²) in [4.78, 5) is 0.532. The summed E-state index contributed by atoms with van der Waals surface area (Å²) in [6.07, 6.45) is 4.76. The third-order valence-electron chi connectivity index (χ3n) is 5.32. The van der Waals surface area contributed by atoms with Gasteiger partial charge in [0.1, 0.15) is 11.4 Å². The first-order valence-electron chi connectivity index (χ1n) is 10.3. The van der Waals surface area contributed by atoms with Crippen LogP contribution < -0.4 is 10.2 Å². The number of nitrogens with zero attached hydrogens (tertiary/aromatic N) is 3. The smallest absolute Gasteiger partial charge is 0.150 e. The number of methoxy groups -OCH3 is 1. The summed E-state index contributed by atoms with van der Waals surface area (Å²) in [5, 5.41) is 9.06. The molecule has 1 unspecified atom stereocenters. The molecular weight excluding hydrogens is 444 g/mol. The van der Waals surface area contributed by atoms with Crippen LogP contribution in [-0.2, 0) is 9.84 Å². The number of thiocarbonyl (C=S) groups is 1. The lowest BCUT2D eigenvalue weighted by Crippen LogP contribution is -2.19. The summed E-state index contributed by atoms with van der Waals surface area (Å²) in [6.45, 7) is 0. The zero-order chi connectivity index (χ0) is 22.6. The Labute approximate surface area is 193 Å². The number of hydrogen-bond acceptors (Lipinski definition) is 6. The fourth-order valence-corrected chi connectivity index (χ4v) is 5.83. The average molecular weight is 469 g/mol. The van der Waals surface area contributed by atoms with Crippen LogP contribution in [0.2, 0.25) is 0 Å². The number of nitrogens with one attached hydrogen (secondary N) is 1. The highest BCUT2D eigenvalue weighted by Gasteiger charge is 2.28. The van der Waals surface area contributed by atoms with Gasteiger partial charge in [-0.15, -0.1) is 0 Å². The van der Waals surface area contributed by atoms with Gasteiger partial charge in [0.2, 0.25) is 0 Å². The molecule has 0 radical (unpaired) electrons. The Hall–Kier alpha value is -3.04. The Morgan fingerprint density at radius 3 is 2.66 bits per heavy atom. The molecule has 0 bridgehead atoms. The van der Waals surface area contributed by atoms with Crippen molar-refractivity contribution in [1.82, 2.24) is 15.2 Å². The second-order valence-corrected chi connectivity index (χ2v) is 10.4. The van der Waals surface area contributed by atoms with E-state index in [0.717, 1.165) is 28.3 Å². The largest absolute Gasteiger partial charge is 0.497 e. The predicted molar refractivity (Wildman–Crippen MR) is 130 cm³/mol. The van der Waals surface area contributed by atoms with E-state index in [9.17, 15) is 8.42 Å². The lowest BCUT2D eigenvalue weighted by molar-refractivity contribution is 0.415. The molecule has 1 fully saturated rings. The summed E-state index contributed by atoms with van der Waals surface area (Å²) in [5.74, 6) is 1.27. The Morgan fingerprint density at radius 2 is 2.00 bits per heavy atom. The third-order valence-corrected chi connectivity index (χ3v) is 7.42. The van der Waals surface area contributed by atoms with E-state index in [-0.39, 0.29) is 17.4 Å². The van der Waals surface area contributed by atoms with E-state index < -0.39 is 9.84 Å². The fourth-order valence-electron chi connectivity index (χ4n) is 3.68. The van der Waals surface area contributed by atoms with Gasteiger partial charge in [0.05, 0.1) is 35.5 Å². The molecule has 3 aromatic rings. The molecule has 0 saturated carbocycles. The highest BCUT2D eigenvalue weighted by atomic mass is 32.2. The van der Waals surface area contributed by atoms with Crippen molar-refractivity contribution in [2.45, 2.75) is 12.8 Å². The number of benzene rings is 2. The molecule has 2 heterocycles. The summed E-state index contributed by atoms with van der Waals surface area (Å²) >= 11 is 5.36. The molecule has 2 aromatic carbocycles. The summed E-state index contributed by atoms with van der Waals surface area (Å²) in [7, 11) is -1.28. The SMILES string of the molecule is COc1ccc(-c2nn(-c3ccccc3)cc2/C=N/NC(=S)CC2CCS(=O)(=O)C2)cc1. The fraction of sp³-hybridized carbons (Fsp3) is 0.261. The van der Waals surface area contributed by atoms with Gasteiger partial charge in [0.15, 0.2) is 9.84 Å². The van der Waals surface area contributed by atoms with E-state index in [2.05, 4.69) is 10.5 Å². The minimum absolute atomic E-state index is 0.0610. The number of aromatic nitrogens is 2. The van der Waals surface area contributed by atoms with E-state index in [4.69, 9.17) is 22.1 Å². The molecule has 1 aliphatic heterocycles. The van der Waals surface area contributed by atoms with Gasteiger partial charge in [-0.1, -0.05) is 30.4 Å². The van der Waals surface area contributed by atoms with Crippen molar-refractivity contribution < 1.29 is 13.2 Å². The van der Waals surface area contributed by atoms with E-state index in [1.165, 1.54) is 0 Å². The van der Waals surface area contributed by atoms with Gasteiger partial charge in [0.25, 0.3) is 0 Å². The molecule has 0 spiro atoms. The highest BCUT2D eigenvalue weighted by molar-refractivity contribution is 7.91. The van der Waals surface area contributed by atoms with Crippen LogP contribution in [0.3, 0.4) is 0 Å². The second-order valence-electron chi connectivity index (χ2n) is 7.71. The van der Waals surface area contributed by atoms with E-state index in [1.54, 1.807) is 13.3 Å². The maximum Gasteiger partial charge on any atom is 0.150 e. The van der Waals surface area contributed by atoms with Crippen molar-refractivity contribution in [1.29, 1.82) is 0 Å². The molecule has 166 valence electrons. The molecule has 0 aliphatic carbocycles. The van der Waals surface area contributed by atoms with Crippen LogP contribution in [0.15, 0.2) is 65.9 Å². The normalized spacial score (nSPS) is 17.5. The monoisotopic (exact) mass is 468 g/mol. The van der Waals surface area contributed by atoms with Crippen LogP contribution in [-0.4, -0.2) is 48.0 Å². The number of ether oxygens (including phenoxy) is 1. The van der Waals surface area contributed by atoms with Gasteiger partial charge in [-0.2, -0.15) is 10.2 Å². The molecule has 0 amide bonds. The first-order valence-corrected chi connectivity index (χ1v) is 12.5. The zero-order valence-electron chi connectivity index (χ0n) is 17.6. The highest BCUT2D eigenvalue weighted by Crippen LogP contribution is 2.25. The minimum Gasteiger partial charge on any atom is -0.497 e. The number of para-hydroxylation sites is 1. The molecule has 32 heavy (non-hydrogen) atoms. The van der Waals surface area contributed by atoms with Crippen LogP contribution in [0.5, 0.6) is 5.75 Å². The van der Waals surface area contributed by atoms with E-state index in [0.29, 0.717) is 17.8 Å². The zero-order valence-corrected chi connectivity index (χ0v) is 19.3. The third kappa shape index (κ3) is 5.41.